The first-order valence-electron chi connectivity index (χ1n) is 6.36. The lowest BCUT2D eigenvalue weighted by molar-refractivity contribution is 0.552. The summed E-state index contributed by atoms with van der Waals surface area (Å²) >= 11 is 1.55. The molecule has 0 saturated heterocycles. The van der Waals surface area contributed by atoms with Gasteiger partial charge in [0, 0.05) is 10.6 Å². The Balaban J connectivity index is 2.31. The summed E-state index contributed by atoms with van der Waals surface area (Å²) in [5.74, 6) is 0. The van der Waals surface area contributed by atoms with Gasteiger partial charge in [-0.2, -0.15) is 0 Å². The zero-order valence-corrected chi connectivity index (χ0v) is 13.1. The van der Waals surface area contributed by atoms with Gasteiger partial charge in [0.25, 0.3) is 0 Å². The van der Waals surface area contributed by atoms with Crippen molar-refractivity contribution in [1.82, 2.24) is 4.72 Å². The minimum Gasteiger partial charge on any atom is -0.399 e. The van der Waals surface area contributed by atoms with Crippen molar-refractivity contribution in [3.8, 4) is 0 Å². The van der Waals surface area contributed by atoms with Crippen LogP contribution in [0.25, 0.3) is 0 Å². The summed E-state index contributed by atoms with van der Waals surface area (Å²) in [7, 11) is -3.54. The van der Waals surface area contributed by atoms with E-state index in [9.17, 15) is 8.42 Å². The molecule has 0 saturated carbocycles. The molecule has 0 aliphatic heterocycles. The van der Waals surface area contributed by atoms with E-state index in [-0.39, 0.29) is 10.9 Å². The number of sulfonamides is 1. The summed E-state index contributed by atoms with van der Waals surface area (Å²) in [6, 6.07) is 8.49. The number of aryl methyl sites for hydroxylation is 1. The van der Waals surface area contributed by atoms with Gasteiger partial charge in [-0.05, 0) is 48.6 Å². The molecule has 20 heavy (non-hydrogen) atoms. The van der Waals surface area contributed by atoms with E-state index in [1.807, 2.05) is 24.4 Å². The number of rotatable bonds is 5. The van der Waals surface area contributed by atoms with Gasteiger partial charge in [-0.15, -0.1) is 11.3 Å². The van der Waals surface area contributed by atoms with E-state index < -0.39 is 10.0 Å². The largest absolute Gasteiger partial charge is 0.399 e. The zero-order valence-electron chi connectivity index (χ0n) is 11.5. The molecule has 0 aliphatic carbocycles. The van der Waals surface area contributed by atoms with Crippen LogP contribution in [0, 0.1) is 6.92 Å². The Morgan fingerprint density at radius 3 is 2.65 bits per heavy atom. The molecule has 1 heterocycles. The quantitative estimate of drug-likeness (QED) is 0.834. The molecule has 1 aromatic carbocycles. The molecule has 108 valence electrons. The first kappa shape index (κ1) is 15.0. The Labute approximate surface area is 123 Å². The second-order valence-corrected chi connectivity index (χ2v) is 7.28. The number of thiophene rings is 1. The molecule has 1 unspecified atom stereocenters. The predicted octanol–water partition coefficient (Wildman–Crippen LogP) is 3.07. The van der Waals surface area contributed by atoms with Gasteiger partial charge < -0.3 is 5.73 Å². The molecule has 1 aromatic heterocycles. The molecule has 4 nitrogen and oxygen atoms in total. The van der Waals surface area contributed by atoms with E-state index in [0.29, 0.717) is 17.7 Å². The van der Waals surface area contributed by atoms with Crippen molar-refractivity contribution < 1.29 is 8.42 Å². The van der Waals surface area contributed by atoms with Gasteiger partial charge in [-0.3, -0.25) is 0 Å². The van der Waals surface area contributed by atoms with Crippen LogP contribution in [0.4, 0.5) is 5.69 Å². The van der Waals surface area contributed by atoms with Crippen LogP contribution < -0.4 is 10.5 Å². The van der Waals surface area contributed by atoms with Crippen molar-refractivity contribution in [2.24, 2.45) is 0 Å². The number of hydrogen-bond donors (Lipinski definition) is 2. The second kappa shape index (κ2) is 5.95. The fraction of sp³-hybridized carbons (Fsp3) is 0.286. The van der Waals surface area contributed by atoms with E-state index in [1.54, 1.807) is 36.5 Å². The fourth-order valence-corrected chi connectivity index (χ4v) is 4.52. The summed E-state index contributed by atoms with van der Waals surface area (Å²) in [6.45, 7) is 3.71. The maximum atomic E-state index is 12.5. The van der Waals surface area contributed by atoms with Crippen LogP contribution in [0.1, 0.15) is 29.8 Å². The molecule has 0 spiro atoms. The van der Waals surface area contributed by atoms with Crippen molar-refractivity contribution in [2.45, 2.75) is 31.2 Å². The Morgan fingerprint density at radius 2 is 2.10 bits per heavy atom. The molecule has 0 amide bonds. The third kappa shape index (κ3) is 3.20. The van der Waals surface area contributed by atoms with Crippen molar-refractivity contribution >= 4 is 27.0 Å². The molecule has 2 aromatic rings. The van der Waals surface area contributed by atoms with E-state index in [2.05, 4.69) is 4.72 Å². The van der Waals surface area contributed by atoms with Crippen molar-refractivity contribution in [3.05, 3.63) is 46.2 Å². The van der Waals surface area contributed by atoms with Gasteiger partial charge in [0.15, 0.2) is 0 Å². The number of nitrogens with one attached hydrogen (secondary N) is 1. The standard InChI is InChI=1S/C14H18N2O2S2/c1-3-12(13-5-4-8-19-13)16-20(17,18)14-7-6-11(15)9-10(14)2/h4-9,12,16H,3,15H2,1-2H3. The van der Waals surface area contributed by atoms with Gasteiger partial charge in [0.2, 0.25) is 10.0 Å². The molecular weight excluding hydrogens is 292 g/mol. The van der Waals surface area contributed by atoms with Crippen molar-refractivity contribution in [3.63, 3.8) is 0 Å². The van der Waals surface area contributed by atoms with Crippen LogP contribution >= 0.6 is 11.3 Å². The van der Waals surface area contributed by atoms with Gasteiger partial charge in [0.1, 0.15) is 0 Å². The minimum absolute atomic E-state index is 0.197. The van der Waals surface area contributed by atoms with Crippen molar-refractivity contribution in [1.29, 1.82) is 0 Å². The van der Waals surface area contributed by atoms with Crippen LogP contribution in [0.2, 0.25) is 0 Å². The van der Waals surface area contributed by atoms with Crippen LogP contribution in [0.5, 0.6) is 0 Å². The lowest BCUT2D eigenvalue weighted by Crippen LogP contribution is -2.28. The average Bonchev–Trinajstić information content (AvgIpc) is 2.89. The average molecular weight is 310 g/mol. The first-order valence-corrected chi connectivity index (χ1v) is 8.72. The van der Waals surface area contributed by atoms with Crippen LogP contribution in [-0.4, -0.2) is 8.42 Å². The van der Waals surface area contributed by atoms with Crippen LogP contribution in [0.15, 0.2) is 40.6 Å². The van der Waals surface area contributed by atoms with Crippen LogP contribution in [0.3, 0.4) is 0 Å². The number of hydrogen-bond acceptors (Lipinski definition) is 4. The van der Waals surface area contributed by atoms with Gasteiger partial charge in [-0.25, -0.2) is 13.1 Å². The molecule has 2 rings (SSSR count). The molecule has 3 N–H and O–H groups in total. The van der Waals surface area contributed by atoms with Gasteiger partial charge in [0.05, 0.1) is 10.9 Å². The van der Waals surface area contributed by atoms with E-state index >= 15 is 0 Å². The maximum absolute atomic E-state index is 12.5. The first-order chi connectivity index (χ1) is 9.44. The van der Waals surface area contributed by atoms with E-state index in [4.69, 9.17) is 5.73 Å². The van der Waals surface area contributed by atoms with Gasteiger partial charge in [-0.1, -0.05) is 13.0 Å². The molecule has 6 heteroatoms. The van der Waals surface area contributed by atoms with Gasteiger partial charge >= 0.3 is 0 Å². The van der Waals surface area contributed by atoms with Crippen molar-refractivity contribution in [2.75, 3.05) is 5.73 Å². The highest BCUT2D eigenvalue weighted by Crippen LogP contribution is 2.25. The number of nitrogen functional groups attached to an aromatic ring is 1. The summed E-state index contributed by atoms with van der Waals surface area (Å²) in [5.41, 5.74) is 6.88. The topological polar surface area (TPSA) is 72.2 Å². The number of benzene rings is 1. The Hall–Kier alpha value is -1.37. The number of anilines is 1. The maximum Gasteiger partial charge on any atom is 0.241 e. The zero-order chi connectivity index (χ0) is 14.8. The normalized spacial score (nSPS) is 13.3. The summed E-state index contributed by atoms with van der Waals surface area (Å²) < 4.78 is 27.7. The molecule has 0 radical (unpaired) electrons. The highest BCUT2D eigenvalue weighted by atomic mass is 32.2. The second-order valence-electron chi connectivity index (χ2n) is 4.62. The predicted molar refractivity (Wildman–Crippen MR) is 83.3 cm³/mol. The number of nitrogens with two attached hydrogens (primary N) is 1. The molecular formula is C14H18N2O2S2. The highest BCUT2D eigenvalue weighted by molar-refractivity contribution is 7.89. The van der Waals surface area contributed by atoms with E-state index in [0.717, 1.165) is 4.88 Å². The molecule has 0 fully saturated rings. The third-order valence-electron chi connectivity index (χ3n) is 3.08. The Kier molecular flexibility index (Phi) is 4.47. The lowest BCUT2D eigenvalue weighted by Gasteiger charge is -2.17. The minimum atomic E-state index is -3.54. The lowest BCUT2D eigenvalue weighted by atomic mass is 10.2. The monoisotopic (exact) mass is 310 g/mol. The summed E-state index contributed by atoms with van der Waals surface area (Å²) in [4.78, 5) is 1.30. The smallest absolute Gasteiger partial charge is 0.241 e. The highest BCUT2D eigenvalue weighted by Gasteiger charge is 2.22. The third-order valence-corrected chi connectivity index (χ3v) is 5.70. The fourth-order valence-electron chi connectivity index (χ4n) is 2.06. The molecule has 0 bridgehead atoms. The van der Waals surface area contributed by atoms with Crippen LogP contribution in [-0.2, 0) is 10.0 Å². The molecule has 0 aliphatic rings. The Bertz CT molecular complexity index is 679. The SMILES string of the molecule is CCC(NS(=O)(=O)c1ccc(N)cc1C)c1cccs1. The Morgan fingerprint density at radius 1 is 1.35 bits per heavy atom. The summed E-state index contributed by atoms with van der Waals surface area (Å²) in [5, 5.41) is 1.95. The van der Waals surface area contributed by atoms with E-state index in [1.165, 1.54) is 0 Å². The summed E-state index contributed by atoms with van der Waals surface area (Å²) in [6.07, 6.45) is 0.702. The molecule has 1 atom stereocenters.